The Kier molecular flexibility index (Phi) is 7.69. The Balaban J connectivity index is 2.31. The normalized spacial score (nSPS) is 11.7. The van der Waals surface area contributed by atoms with Crippen molar-refractivity contribution in [1.29, 1.82) is 0 Å². The van der Waals surface area contributed by atoms with Crippen LogP contribution >= 0.6 is 23.2 Å². The highest BCUT2D eigenvalue weighted by Gasteiger charge is 2.27. The topological polar surface area (TPSA) is 49.4 Å². The minimum atomic E-state index is -0.644. The van der Waals surface area contributed by atoms with Crippen molar-refractivity contribution in [3.8, 4) is 0 Å². The number of hydrogen-bond acceptors (Lipinski definition) is 2. The van der Waals surface area contributed by atoms with E-state index in [0.717, 1.165) is 11.1 Å². The Bertz CT molecular complexity index is 803. The summed E-state index contributed by atoms with van der Waals surface area (Å²) in [5.74, 6) is -0.367. The van der Waals surface area contributed by atoms with Gasteiger partial charge in [-0.25, -0.2) is 0 Å². The number of hydrogen-bond donors (Lipinski definition) is 1. The van der Waals surface area contributed by atoms with Crippen LogP contribution in [0.4, 0.5) is 0 Å². The summed E-state index contributed by atoms with van der Waals surface area (Å²) in [4.78, 5) is 27.0. The second-order valence-electron chi connectivity index (χ2n) is 6.46. The largest absolute Gasteiger partial charge is 0.355 e. The molecule has 144 valence electrons. The average Bonchev–Trinajstić information content (AvgIpc) is 2.61. The predicted molar refractivity (Wildman–Crippen MR) is 110 cm³/mol. The number of aryl methyl sites for hydroxylation is 1. The van der Waals surface area contributed by atoms with Gasteiger partial charge in [0.25, 0.3) is 0 Å². The number of nitrogens with zero attached hydrogens (tertiary/aromatic N) is 1. The van der Waals surface area contributed by atoms with Gasteiger partial charge in [0.15, 0.2) is 0 Å². The molecule has 0 aromatic heterocycles. The lowest BCUT2D eigenvalue weighted by Crippen LogP contribution is -2.48. The third kappa shape index (κ3) is 5.72. The van der Waals surface area contributed by atoms with Crippen molar-refractivity contribution >= 4 is 35.0 Å². The van der Waals surface area contributed by atoms with Crippen LogP contribution in [-0.4, -0.2) is 29.3 Å². The highest BCUT2D eigenvalue weighted by atomic mass is 35.5. The van der Waals surface area contributed by atoms with E-state index in [4.69, 9.17) is 23.2 Å². The van der Waals surface area contributed by atoms with Crippen LogP contribution in [0.2, 0.25) is 10.0 Å². The smallest absolute Gasteiger partial charge is 0.242 e. The quantitative estimate of drug-likeness (QED) is 0.740. The number of amides is 2. The van der Waals surface area contributed by atoms with Gasteiger partial charge in [-0.1, -0.05) is 59.1 Å². The second kappa shape index (κ2) is 9.77. The first-order valence-corrected chi connectivity index (χ1v) is 9.64. The van der Waals surface area contributed by atoms with Crippen LogP contribution in [0.3, 0.4) is 0 Å². The number of nitrogens with one attached hydrogen (secondary N) is 1. The van der Waals surface area contributed by atoms with E-state index in [-0.39, 0.29) is 24.8 Å². The second-order valence-corrected chi connectivity index (χ2v) is 7.27. The summed E-state index contributed by atoms with van der Waals surface area (Å²) in [5, 5.41) is 3.71. The molecule has 2 rings (SSSR count). The number of benzene rings is 2. The Morgan fingerprint density at radius 1 is 1.11 bits per heavy atom. The van der Waals surface area contributed by atoms with Crippen LogP contribution in [0.1, 0.15) is 30.5 Å². The fourth-order valence-corrected chi connectivity index (χ4v) is 3.37. The van der Waals surface area contributed by atoms with Crippen LogP contribution in [0, 0.1) is 6.92 Å². The predicted octanol–water partition coefficient (Wildman–Crippen LogP) is 4.40. The number of carbonyl (C=O) groups excluding carboxylic acids is 2. The monoisotopic (exact) mass is 406 g/mol. The van der Waals surface area contributed by atoms with Crippen molar-refractivity contribution in [1.82, 2.24) is 10.2 Å². The van der Waals surface area contributed by atoms with E-state index in [1.165, 1.54) is 4.90 Å². The molecule has 0 heterocycles. The fourth-order valence-electron chi connectivity index (χ4n) is 2.86. The maximum Gasteiger partial charge on any atom is 0.242 e. The van der Waals surface area contributed by atoms with Gasteiger partial charge in [0.05, 0.1) is 6.42 Å². The molecular formula is C21H24Cl2N2O2. The van der Waals surface area contributed by atoms with Crippen molar-refractivity contribution < 1.29 is 9.59 Å². The van der Waals surface area contributed by atoms with Crippen molar-refractivity contribution in [2.75, 3.05) is 6.54 Å². The molecule has 2 aromatic carbocycles. The minimum absolute atomic E-state index is 0.157. The van der Waals surface area contributed by atoms with Gasteiger partial charge in [0, 0.05) is 28.7 Å². The first-order chi connectivity index (χ1) is 12.8. The van der Waals surface area contributed by atoms with Gasteiger partial charge in [-0.2, -0.15) is 0 Å². The molecule has 0 aliphatic heterocycles. The molecule has 1 N–H and O–H groups in total. The van der Waals surface area contributed by atoms with Crippen LogP contribution in [-0.2, 0) is 22.6 Å². The van der Waals surface area contributed by atoms with E-state index in [1.807, 2.05) is 38.1 Å². The maximum atomic E-state index is 13.1. The first-order valence-electron chi connectivity index (χ1n) is 8.89. The molecule has 0 bridgehead atoms. The molecule has 2 amide bonds. The number of rotatable bonds is 7. The lowest BCUT2D eigenvalue weighted by molar-refractivity contribution is -0.140. The van der Waals surface area contributed by atoms with Crippen molar-refractivity contribution in [2.45, 2.75) is 39.8 Å². The van der Waals surface area contributed by atoms with Crippen LogP contribution in [0.15, 0.2) is 42.5 Å². The van der Waals surface area contributed by atoms with Gasteiger partial charge < -0.3 is 10.2 Å². The lowest BCUT2D eigenvalue weighted by Gasteiger charge is -2.29. The third-order valence-corrected chi connectivity index (χ3v) is 5.05. The van der Waals surface area contributed by atoms with Crippen molar-refractivity contribution in [3.63, 3.8) is 0 Å². The van der Waals surface area contributed by atoms with Gasteiger partial charge in [-0.15, -0.1) is 0 Å². The molecule has 0 aliphatic rings. The van der Waals surface area contributed by atoms with Crippen LogP contribution in [0.25, 0.3) is 0 Å². The van der Waals surface area contributed by atoms with Crippen molar-refractivity contribution in [2.24, 2.45) is 0 Å². The van der Waals surface area contributed by atoms with Crippen LogP contribution < -0.4 is 5.32 Å². The van der Waals surface area contributed by atoms with E-state index in [0.29, 0.717) is 22.2 Å². The Morgan fingerprint density at radius 3 is 2.33 bits per heavy atom. The van der Waals surface area contributed by atoms with Gasteiger partial charge in [-0.3, -0.25) is 9.59 Å². The van der Waals surface area contributed by atoms with E-state index in [9.17, 15) is 9.59 Å². The maximum absolute atomic E-state index is 13.1. The number of likely N-dealkylation sites (N-methyl/N-ethyl adjacent to an activating group) is 1. The number of carbonyl (C=O) groups is 2. The summed E-state index contributed by atoms with van der Waals surface area (Å²) in [7, 11) is 0. The molecule has 0 radical (unpaired) electrons. The van der Waals surface area contributed by atoms with E-state index in [2.05, 4.69) is 5.32 Å². The summed E-state index contributed by atoms with van der Waals surface area (Å²) in [6, 6.07) is 12.3. The SMILES string of the molecule is CCNC(=O)[C@H](C)N(Cc1c(Cl)cccc1Cl)C(=O)Cc1cccc(C)c1. The molecule has 0 saturated carbocycles. The molecule has 0 saturated heterocycles. The zero-order valence-electron chi connectivity index (χ0n) is 15.8. The molecule has 6 heteroatoms. The molecule has 0 fully saturated rings. The first kappa shape index (κ1) is 21.3. The molecule has 2 aromatic rings. The molecule has 4 nitrogen and oxygen atoms in total. The van der Waals surface area contributed by atoms with Gasteiger partial charge in [0.1, 0.15) is 6.04 Å². The highest BCUT2D eigenvalue weighted by molar-refractivity contribution is 6.36. The van der Waals surface area contributed by atoms with E-state index < -0.39 is 6.04 Å². The summed E-state index contributed by atoms with van der Waals surface area (Å²) in [5.41, 5.74) is 2.62. The molecule has 0 aliphatic carbocycles. The lowest BCUT2D eigenvalue weighted by atomic mass is 10.1. The standard InChI is InChI=1S/C21H24Cl2N2O2/c1-4-24-21(27)15(3)25(13-17-18(22)9-6-10-19(17)23)20(26)12-16-8-5-7-14(2)11-16/h5-11,15H,4,12-13H2,1-3H3,(H,24,27)/t15-/m0/s1. The summed E-state index contributed by atoms with van der Waals surface area (Å²) < 4.78 is 0. The zero-order valence-corrected chi connectivity index (χ0v) is 17.3. The number of halogens is 2. The Hall–Kier alpha value is -2.04. The minimum Gasteiger partial charge on any atom is -0.355 e. The van der Waals surface area contributed by atoms with Gasteiger partial charge in [0.2, 0.25) is 11.8 Å². The molecular weight excluding hydrogens is 383 g/mol. The van der Waals surface area contributed by atoms with Crippen molar-refractivity contribution in [3.05, 3.63) is 69.2 Å². The summed E-state index contributed by atoms with van der Waals surface area (Å²) in [6.07, 6.45) is 0.202. The third-order valence-electron chi connectivity index (χ3n) is 4.35. The molecule has 1 atom stereocenters. The summed E-state index contributed by atoms with van der Waals surface area (Å²) in [6.45, 7) is 6.20. The van der Waals surface area contributed by atoms with E-state index >= 15 is 0 Å². The zero-order chi connectivity index (χ0) is 20.0. The Labute approximate surface area is 170 Å². The van der Waals surface area contributed by atoms with Gasteiger partial charge >= 0.3 is 0 Å². The fraction of sp³-hybridized carbons (Fsp3) is 0.333. The Morgan fingerprint density at radius 2 is 1.74 bits per heavy atom. The van der Waals surface area contributed by atoms with Gasteiger partial charge in [-0.05, 0) is 38.5 Å². The molecule has 0 spiro atoms. The highest BCUT2D eigenvalue weighted by Crippen LogP contribution is 2.26. The van der Waals surface area contributed by atoms with E-state index in [1.54, 1.807) is 25.1 Å². The molecule has 0 unspecified atom stereocenters. The average molecular weight is 407 g/mol. The molecule has 27 heavy (non-hydrogen) atoms. The van der Waals surface area contributed by atoms with Crippen LogP contribution in [0.5, 0.6) is 0 Å². The summed E-state index contributed by atoms with van der Waals surface area (Å²) >= 11 is 12.6.